The number of nitrogens with one attached hydrogen (secondary N) is 3. The van der Waals surface area contributed by atoms with Crippen molar-refractivity contribution in [3.8, 4) is 22.6 Å². The highest BCUT2D eigenvalue weighted by Gasteiger charge is 2.48. The summed E-state index contributed by atoms with van der Waals surface area (Å²) in [5.74, 6) is 0.908. The maximum absolute atomic E-state index is 4.83. The first kappa shape index (κ1) is 15.8. The summed E-state index contributed by atoms with van der Waals surface area (Å²) in [5, 5.41) is 18.5. The zero-order valence-electron chi connectivity index (χ0n) is 15.3. The number of imidazole rings is 1. The highest BCUT2D eigenvalue weighted by molar-refractivity contribution is 5.64. The Morgan fingerprint density at radius 3 is 2.79 bits per heavy atom. The molecule has 4 aromatic rings. The lowest BCUT2D eigenvalue weighted by Gasteiger charge is -2.54. The first-order valence-corrected chi connectivity index (χ1v) is 9.57. The predicted octanol–water partition coefficient (Wildman–Crippen LogP) is 2.35. The van der Waals surface area contributed by atoms with Crippen LogP contribution in [0.1, 0.15) is 12.8 Å². The maximum atomic E-state index is 4.83. The zero-order chi connectivity index (χ0) is 18.6. The first-order valence-electron chi connectivity index (χ1n) is 9.57. The summed E-state index contributed by atoms with van der Waals surface area (Å²) in [4.78, 5) is 9.31. The van der Waals surface area contributed by atoms with Crippen molar-refractivity contribution in [1.29, 1.82) is 0 Å². The summed E-state index contributed by atoms with van der Waals surface area (Å²) in [5.41, 5.74) is 4.84. The van der Waals surface area contributed by atoms with Gasteiger partial charge in [-0.3, -0.25) is 5.10 Å². The molecule has 0 radical (unpaired) electrons. The van der Waals surface area contributed by atoms with E-state index in [1.54, 1.807) is 6.20 Å². The summed E-state index contributed by atoms with van der Waals surface area (Å²) in [7, 11) is 0. The van der Waals surface area contributed by atoms with Gasteiger partial charge in [0.15, 0.2) is 5.65 Å². The van der Waals surface area contributed by atoms with E-state index < -0.39 is 0 Å². The van der Waals surface area contributed by atoms with E-state index in [1.807, 2.05) is 47.2 Å². The number of aromatic amines is 1. The molecule has 140 valence electrons. The predicted molar refractivity (Wildman–Crippen MR) is 106 cm³/mol. The van der Waals surface area contributed by atoms with E-state index in [1.165, 1.54) is 12.8 Å². The molecule has 1 saturated heterocycles. The molecular weight excluding hydrogens is 352 g/mol. The van der Waals surface area contributed by atoms with Crippen molar-refractivity contribution in [1.82, 2.24) is 35.1 Å². The summed E-state index contributed by atoms with van der Waals surface area (Å²) < 4.78 is 1.84. The number of pyridine rings is 1. The number of hydrogen-bond donors (Lipinski definition) is 3. The molecule has 3 N–H and O–H groups in total. The van der Waals surface area contributed by atoms with E-state index in [0.717, 1.165) is 47.2 Å². The molecule has 0 bridgehead atoms. The van der Waals surface area contributed by atoms with Crippen LogP contribution in [-0.4, -0.2) is 48.9 Å². The lowest BCUT2D eigenvalue weighted by atomic mass is 9.62. The Morgan fingerprint density at radius 2 is 2.00 bits per heavy atom. The number of rotatable bonds is 4. The molecule has 0 amide bonds. The quantitative estimate of drug-likeness (QED) is 0.509. The molecule has 8 nitrogen and oxygen atoms in total. The Kier molecular flexibility index (Phi) is 3.30. The lowest BCUT2D eigenvalue weighted by Crippen LogP contribution is -2.63. The molecule has 0 unspecified atom stereocenters. The van der Waals surface area contributed by atoms with Crippen LogP contribution in [0.5, 0.6) is 0 Å². The third-order valence-electron chi connectivity index (χ3n) is 5.88. The van der Waals surface area contributed by atoms with E-state index in [2.05, 4.69) is 25.8 Å². The summed E-state index contributed by atoms with van der Waals surface area (Å²) in [6.07, 6.45) is 7.85. The second kappa shape index (κ2) is 5.87. The minimum Gasteiger partial charge on any atom is -0.367 e. The molecule has 1 spiro atoms. The third kappa shape index (κ3) is 2.49. The van der Waals surface area contributed by atoms with Gasteiger partial charge in [-0.25, -0.2) is 14.5 Å². The molecule has 2 aliphatic rings. The Labute approximate surface area is 161 Å². The van der Waals surface area contributed by atoms with Crippen molar-refractivity contribution in [3.63, 3.8) is 0 Å². The maximum Gasteiger partial charge on any atom is 0.154 e. The van der Waals surface area contributed by atoms with Gasteiger partial charge in [0.1, 0.15) is 11.5 Å². The van der Waals surface area contributed by atoms with Crippen molar-refractivity contribution >= 4 is 11.5 Å². The highest BCUT2D eigenvalue weighted by atomic mass is 15.3. The fourth-order valence-corrected chi connectivity index (χ4v) is 4.31. The fraction of sp³-hybridized carbons (Fsp3) is 0.300. The van der Waals surface area contributed by atoms with E-state index in [9.17, 15) is 0 Å². The van der Waals surface area contributed by atoms with Crippen LogP contribution in [-0.2, 0) is 0 Å². The Balaban J connectivity index is 1.30. The van der Waals surface area contributed by atoms with Crippen LogP contribution >= 0.6 is 0 Å². The zero-order valence-corrected chi connectivity index (χ0v) is 15.3. The number of H-pyrrole nitrogens is 1. The van der Waals surface area contributed by atoms with Crippen molar-refractivity contribution in [2.45, 2.75) is 18.9 Å². The molecule has 28 heavy (non-hydrogen) atoms. The van der Waals surface area contributed by atoms with Gasteiger partial charge in [0.25, 0.3) is 0 Å². The van der Waals surface area contributed by atoms with Gasteiger partial charge in [0.2, 0.25) is 0 Å². The van der Waals surface area contributed by atoms with E-state index in [-0.39, 0.29) is 0 Å². The Hall–Kier alpha value is -3.26. The van der Waals surface area contributed by atoms with Gasteiger partial charge in [-0.05, 0) is 42.5 Å². The smallest absolute Gasteiger partial charge is 0.154 e. The topological polar surface area (TPSA) is 95.8 Å². The van der Waals surface area contributed by atoms with Crippen LogP contribution in [0.3, 0.4) is 0 Å². The number of aromatic nitrogens is 6. The minimum absolute atomic E-state index is 0.512. The van der Waals surface area contributed by atoms with E-state index >= 15 is 0 Å². The monoisotopic (exact) mass is 372 g/mol. The van der Waals surface area contributed by atoms with Crippen LogP contribution in [0.15, 0.2) is 48.9 Å². The van der Waals surface area contributed by atoms with Crippen LogP contribution in [0, 0.1) is 5.41 Å². The van der Waals surface area contributed by atoms with Crippen LogP contribution in [0.25, 0.3) is 28.3 Å². The van der Waals surface area contributed by atoms with Crippen molar-refractivity contribution < 1.29 is 0 Å². The second-order valence-corrected chi connectivity index (χ2v) is 7.88. The molecule has 8 heteroatoms. The molecule has 1 saturated carbocycles. The van der Waals surface area contributed by atoms with Gasteiger partial charge in [0.05, 0.1) is 23.8 Å². The average molecular weight is 372 g/mol. The van der Waals surface area contributed by atoms with Crippen LogP contribution < -0.4 is 10.6 Å². The molecule has 0 aromatic carbocycles. The largest absolute Gasteiger partial charge is 0.367 e. The van der Waals surface area contributed by atoms with Crippen LogP contribution in [0.2, 0.25) is 0 Å². The standard InChI is InChI=1S/C20H20N8/c1-2-16(26-18(3-1)25-14-6-20(7-14)11-21-12-20)17-10-22-19-5-4-15(27-28(17)19)13-8-23-24-9-13/h1-5,8-10,14,21H,6-7,11-12H2,(H,23,24)(H,25,26). The van der Waals surface area contributed by atoms with E-state index in [4.69, 9.17) is 10.1 Å². The fourth-order valence-electron chi connectivity index (χ4n) is 4.31. The van der Waals surface area contributed by atoms with Crippen molar-refractivity contribution in [2.75, 3.05) is 18.4 Å². The van der Waals surface area contributed by atoms with Crippen molar-refractivity contribution in [2.24, 2.45) is 5.41 Å². The Morgan fingerprint density at radius 1 is 1.07 bits per heavy atom. The Bertz CT molecular complexity index is 1130. The summed E-state index contributed by atoms with van der Waals surface area (Å²) >= 11 is 0. The molecule has 6 rings (SSSR count). The highest BCUT2D eigenvalue weighted by Crippen LogP contribution is 2.45. The minimum atomic E-state index is 0.512. The second-order valence-electron chi connectivity index (χ2n) is 7.88. The van der Waals surface area contributed by atoms with Gasteiger partial charge in [0, 0.05) is 30.9 Å². The molecule has 0 atom stereocenters. The lowest BCUT2D eigenvalue weighted by molar-refractivity contribution is 0.0469. The van der Waals surface area contributed by atoms with E-state index in [0.29, 0.717) is 11.5 Å². The molecule has 1 aliphatic carbocycles. The summed E-state index contributed by atoms with van der Waals surface area (Å²) in [6, 6.07) is 10.5. The van der Waals surface area contributed by atoms with Gasteiger partial charge in [-0.1, -0.05) is 6.07 Å². The molecule has 1 aliphatic heterocycles. The van der Waals surface area contributed by atoms with Gasteiger partial charge in [-0.2, -0.15) is 10.2 Å². The molecular formula is C20H20N8. The molecule has 2 fully saturated rings. The van der Waals surface area contributed by atoms with Crippen molar-refractivity contribution in [3.05, 3.63) is 48.9 Å². The van der Waals surface area contributed by atoms with Crippen LogP contribution in [0.4, 0.5) is 5.82 Å². The number of fused-ring (bicyclic) bond motifs is 1. The molecule has 4 aromatic heterocycles. The van der Waals surface area contributed by atoms with Gasteiger partial charge >= 0.3 is 0 Å². The SMILES string of the molecule is c1cc(NC2CC3(CNC3)C2)nc(-c2cnc3ccc(-c4cn[nH]c4)nn23)c1. The first-order chi connectivity index (χ1) is 13.8. The number of nitrogens with zero attached hydrogens (tertiary/aromatic N) is 5. The molecule has 5 heterocycles. The number of anilines is 1. The van der Waals surface area contributed by atoms with Gasteiger partial charge < -0.3 is 10.6 Å². The average Bonchev–Trinajstić information content (AvgIpc) is 3.32. The third-order valence-corrected chi connectivity index (χ3v) is 5.88. The number of hydrogen-bond acceptors (Lipinski definition) is 6. The summed E-state index contributed by atoms with van der Waals surface area (Å²) in [6.45, 7) is 2.32. The normalized spacial score (nSPS) is 18.1. The van der Waals surface area contributed by atoms with Gasteiger partial charge in [-0.15, -0.1) is 0 Å².